The molecule has 20 heavy (non-hydrogen) atoms. The summed E-state index contributed by atoms with van der Waals surface area (Å²) in [5.74, 6) is 1.32. The van der Waals surface area contributed by atoms with Crippen molar-refractivity contribution in [2.24, 2.45) is 0 Å². The molecule has 1 atom stereocenters. The monoisotopic (exact) mass is 356 g/mol. The largest absolute Gasteiger partial charge is 0.310 e. The van der Waals surface area contributed by atoms with E-state index in [-0.39, 0.29) is 0 Å². The molecule has 3 rings (SSSR count). The summed E-state index contributed by atoms with van der Waals surface area (Å²) in [5, 5.41) is 0. The van der Waals surface area contributed by atoms with Crippen LogP contribution in [0, 0.1) is 0 Å². The van der Waals surface area contributed by atoms with E-state index in [2.05, 4.69) is 42.3 Å². The van der Waals surface area contributed by atoms with Gasteiger partial charge in [-0.1, -0.05) is 0 Å². The lowest BCUT2D eigenvalue weighted by molar-refractivity contribution is 0.236. The Morgan fingerprint density at radius 1 is 1.40 bits per heavy atom. The van der Waals surface area contributed by atoms with Crippen LogP contribution in [-0.4, -0.2) is 38.6 Å². The molecule has 1 aliphatic heterocycles. The number of alkyl halides is 1. The second-order valence-corrected chi connectivity index (χ2v) is 6.54. The van der Waals surface area contributed by atoms with E-state index in [1.807, 2.05) is 12.3 Å². The number of pyridine rings is 1. The van der Waals surface area contributed by atoms with E-state index in [9.17, 15) is 0 Å². The lowest BCUT2D eigenvalue weighted by atomic mass is 10.3. The van der Waals surface area contributed by atoms with Crippen molar-refractivity contribution in [3.63, 3.8) is 0 Å². The lowest BCUT2D eigenvalue weighted by Crippen LogP contribution is -2.34. The Labute approximate surface area is 132 Å². The van der Waals surface area contributed by atoms with Gasteiger partial charge in [0, 0.05) is 23.3 Å². The predicted octanol–water partition coefficient (Wildman–Crippen LogP) is 3.42. The van der Waals surface area contributed by atoms with Gasteiger partial charge in [0.15, 0.2) is 5.65 Å². The highest BCUT2D eigenvalue weighted by molar-refractivity contribution is 9.10. The molecular formula is C14H18BrClN4. The number of fused-ring (bicyclic) bond motifs is 1. The molecule has 2 aromatic rings. The van der Waals surface area contributed by atoms with Crippen LogP contribution in [0.2, 0.25) is 0 Å². The molecule has 1 aliphatic rings. The van der Waals surface area contributed by atoms with Crippen molar-refractivity contribution in [2.75, 3.05) is 13.1 Å². The Bertz CT molecular complexity index is 606. The maximum atomic E-state index is 6.05. The molecule has 0 N–H and O–H groups in total. The Morgan fingerprint density at radius 2 is 2.15 bits per heavy atom. The Hall–Kier alpha value is -0.650. The van der Waals surface area contributed by atoms with Gasteiger partial charge in [-0.15, -0.1) is 11.6 Å². The summed E-state index contributed by atoms with van der Waals surface area (Å²) in [6, 6.07) is 2.48. The number of hydrogen-bond donors (Lipinski definition) is 0. The molecule has 2 aromatic heterocycles. The number of halogens is 2. The molecule has 0 aliphatic carbocycles. The minimum absolute atomic E-state index is 0.417. The Balaban J connectivity index is 1.92. The van der Waals surface area contributed by atoms with Gasteiger partial charge in [0.1, 0.15) is 11.3 Å². The van der Waals surface area contributed by atoms with Crippen molar-refractivity contribution in [3.05, 3.63) is 22.6 Å². The van der Waals surface area contributed by atoms with Crippen molar-refractivity contribution >= 4 is 38.7 Å². The fraction of sp³-hybridized carbons (Fsp3) is 0.571. The number of rotatable bonds is 4. The molecule has 0 radical (unpaired) electrons. The van der Waals surface area contributed by atoms with E-state index < -0.39 is 0 Å². The standard InChI is InChI=1S/C14H18BrClN4/c1-10(19-4-2-3-5-19)9-20-13(7-16)18-12-6-11(15)8-17-14(12)20/h6,8,10H,2-5,7,9H2,1H3. The second-order valence-electron chi connectivity index (χ2n) is 5.36. The van der Waals surface area contributed by atoms with Crippen LogP contribution in [0.1, 0.15) is 25.6 Å². The minimum atomic E-state index is 0.417. The summed E-state index contributed by atoms with van der Waals surface area (Å²) in [4.78, 5) is 11.6. The molecule has 3 heterocycles. The third-order valence-electron chi connectivity index (χ3n) is 3.96. The van der Waals surface area contributed by atoms with Crippen molar-refractivity contribution in [1.29, 1.82) is 0 Å². The summed E-state index contributed by atoms with van der Waals surface area (Å²) in [5.41, 5.74) is 1.83. The van der Waals surface area contributed by atoms with Gasteiger partial charge in [-0.25, -0.2) is 9.97 Å². The van der Waals surface area contributed by atoms with E-state index in [0.717, 1.165) is 28.0 Å². The van der Waals surface area contributed by atoms with E-state index in [1.165, 1.54) is 25.9 Å². The molecule has 108 valence electrons. The molecule has 0 spiro atoms. The van der Waals surface area contributed by atoms with Crippen molar-refractivity contribution in [2.45, 2.75) is 38.2 Å². The molecule has 0 saturated carbocycles. The average molecular weight is 358 g/mol. The number of aromatic nitrogens is 3. The normalized spacial score (nSPS) is 17.9. The third kappa shape index (κ3) is 2.71. The molecule has 0 bridgehead atoms. The number of imidazole rings is 1. The SMILES string of the molecule is CC(Cn1c(CCl)nc2cc(Br)cnc21)N1CCCC1. The van der Waals surface area contributed by atoms with E-state index in [4.69, 9.17) is 11.6 Å². The molecule has 0 amide bonds. The topological polar surface area (TPSA) is 34.0 Å². The van der Waals surface area contributed by atoms with Gasteiger partial charge < -0.3 is 4.57 Å². The summed E-state index contributed by atoms with van der Waals surface area (Å²) in [6.45, 7) is 5.56. The number of hydrogen-bond acceptors (Lipinski definition) is 3. The number of nitrogens with zero attached hydrogens (tertiary/aromatic N) is 4. The molecular weight excluding hydrogens is 340 g/mol. The van der Waals surface area contributed by atoms with Gasteiger partial charge in [-0.3, -0.25) is 4.90 Å². The van der Waals surface area contributed by atoms with Gasteiger partial charge in [0.25, 0.3) is 0 Å². The van der Waals surface area contributed by atoms with Crippen LogP contribution in [0.5, 0.6) is 0 Å². The predicted molar refractivity (Wildman–Crippen MR) is 85.1 cm³/mol. The third-order valence-corrected chi connectivity index (χ3v) is 4.63. The summed E-state index contributed by atoms with van der Waals surface area (Å²) >= 11 is 9.49. The average Bonchev–Trinajstić information content (AvgIpc) is 3.06. The zero-order chi connectivity index (χ0) is 14.1. The smallest absolute Gasteiger partial charge is 0.160 e. The van der Waals surface area contributed by atoms with Crippen LogP contribution in [-0.2, 0) is 12.4 Å². The summed E-state index contributed by atoms with van der Waals surface area (Å²) in [6.07, 6.45) is 4.43. The second kappa shape index (κ2) is 6.00. The van der Waals surface area contributed by atoms with Gasteiger partial charge in [-0.05, 0) is 54.9 Å². The highest BCUT2D eigenvalue weighted by atomic mass is 79.9. The lowest BCUT2D eigenvalue weighted by Gasteiger charge is -2.24. The van der Waals surface area contributed by atoms with E-state index in [1.54, 1.807) is 0 Å². The zero-order valence-electron chi connectivity index (χ0n) is 11.5. The van der Waals surface area contributed by atoms with Crippen molar-refractivity contribution in [1.82, 2.24) is 19.4 Å². The first-order chi connectivity index (χ1) is 9.69. The van der Waals surface area contributed by atoms with Gasteiger partial charge in [0.2, 0.25) is 0 Å². The van der Waals surface area contributed by atoms with Crippen LogP contribution >= 0.6 is 27.5 Å². The first-order valence-electron chi connectivity index (χ1n) is 6.99. The van der Waals surface area contributed by atoms with Crippen LogP contribution in [0.15, 0.2) is 16.7 Å². The van der Waals surface area contributed by atoms with Gasteiger partial charge in [0.05, 0.1) is 5.88 Å². The van der Waals surface area contributed by atoms with Crippen molar-refractivity contribution < 1.29 is 0 Å². The maximum absolute atomic E-state index is 6.05. The first kappa shape index (κ1) is 14.3. The Morgan fingerprint density at radius 3 is 2.85 bits per heavy atom. The zero-order valence-corrected chi connectivity index (χ0v) is 13.9. The first-order valence-corrected chi connectivity index (χ1v) is 8.32. The number of likely N-dealkylation sites (tertiary alicyclic amines) is 1. The molecule has 1 saturated heterocycles. The van der Waals surface area contributed by atoms with E-state index >= 15 is 0 Å². The van der Waals surface area contributed by atoms with Gasteiger partial charge in [-0.2, -0.15) is 0 Å². The summed E-state index contributed by atoms with van der Waals surface area (Å²) < 4.78 is 3.11. The highest BCUT2D eigenvalue weighted by Crippen LogP contribution is 2.21. The highest BCUT2D eigenvalue weighted by Gasteiger charge is 2.21. The quantitative estimate of drug-likeness (QED) is 0.786. The molecule has 1 fully saturated rings. The molecule has 4 nitrogen and oxygen atoms in total. The van der Waals surface area contributed by atoms with Crippen LogP contribution in [0.25, 0.3) is 11.2 Å². The van der Waals surface area contributed by atoms with Crippen LogP contribution in [0.4, 0.5) is 0 Å². The fourth-order valence-corrected chi connectivity index (χ4v) is 3.41. The van der Waals surface area contributed by atoms with Gasteiger partial charge >= 0.3 is 0 Å². The minimum Gasteiger partial charge on any atom is -0.310 e. The Kier molecular flexibility index (Phi) is 4.29. The molecule has 1 unspecified atom stereocenters. The fourth-order valence-electron chi connectivity index (χ4n) is 2.89. The maximum Gasteiger partial charge on any atom is 0.160 e. The molecule has 0 aromatic carbocycles. The molecule has 6 heteroatoms. The van der Waals surface area contributed by atoms with Crippen molar-refractivity contribution in [3.8, 4) is 0 Å². The van der Waals surface area contributed by atoms with Crippen LogP contribution < -0.4 is 0 Å². The summed E-state index contributed by atoms with van der Waals surface area (Å²) in [7, 11) is 0. The van der Waals surface area contributed by atoms with E-state index in [0.29, 0.717) is 11.9 Å². The van der Waals surface area contributed by atoms with Crippen LogP contribution in [0.3, 0.4) is 0 Å².